The molecule has 0 aliphatic heterocycles. The topological polar surface area (TPSA) is 52.9 Å². The summed E-state index contributed by atoms with van der Waals surface area (Å²) in [6.45, 7) is 9.08. The van der Waals surface area contributed by atoms with Gasteiger partial charge in [-0.2, -0.15) is 5.26 Å². The lowest BCUT2D eigenvalue weighted by Gasteiger charge is -2.33. The highest BCUT2D eigenvalue weighted by Crippen LogP contribution is 2.44. The quantitative estimate of drug-likeness (QED) is 0.600. The molecule has 1 atom stereocenters. The fourth-order valence-corrected chi connectivity index (χ4v) is 4.90. The molecule has 2 rings (SSSR count). The lowest BCUT2D eigenvalue weighted by molar-refractivity contribution is -0.116. The van der Waals surface area contributed by atoms with Crippen LogP contribution in [0.5, 0.6) is 0 Å². The molecule has 25 heavy (non-hydrogen) atoms. The second-order valence-electron chi connectivity index (χ2n) is 8.34. The normalized spacial score (nSPS) is 17.0. The van der Waals surface area contributed by atoms with E-state index in [-0.39, 0.29) is 11.3 Å². The first-order valence-electron chi connectivity index (χ1n) is 9.71. The number of fused-ring (bicyclic) bond motifs is 1. The Balaban J connectivity index is 1.99. The first kappa shape index (κ1) is 20.0. The minimum Gasteiger partial charge on any atom is -0.317 e. The Hall–Kier alpha value is -1.34. The van der Waals surface area contributed by atoms with Gasteiger partial charge >= 0.3 is 0 Å². The van der Waals surface area contributed by atoms with Gasteiger partial charge in [0.05, 0.1) is 5.56 Å². The first-order valence-corrected chi connectivity index (χ1v) is 10.5. The van der Waals surface area contributed by atoms with Gasteiger partial charge in [0.2, 0.25) is 5.91 Å². The minimum absolute atomic E-state index is 0.0546. The van der Waals surface area contributed by atoms with E-state index in [1.807, 2.05) is 0 Å². The SMILES string of the molecule is CCCCCCCC(=O)Nc1sc2c(c1C#N)CCC(C(C)(C)C)C2. The molecule has 3 nitrogen and oxygen atoms in total. The molecule has 1 amide bonds. The van der Waals surface area contributed by atoms with Crippen molar-refractivity contribution in [1.82, 2.24) is 0 Å². The molecule has 1 N–H and O–H groups in total. The van der Waals surface area contributed by atoms with E-state index in [0.717, 1.165) is 37.1 Å². The number of thiophene rings is 1. The van der Waals surface area contributed by atoms with E-state index in [2.05, 4.69) is 39.1 Å². The van der Waals surface area contributed by atoms with Gasteiger partial charge in [0.1, 0.15) is 11.1 Å². The van der Waals surface area contributed by atoms with Crippen LogP contribution in [-0.2, 0) is 17.6 Å². The summed E-state index contributed by atoms with van der Waals surface area (Å²) in [6, 6.07) is 2.34. The van der Waals surface area contributed by atoms with Gasteiger partial charge in [-0.1, -0.05) is 53.4 Å². The third-order valence-electron chi connectivity index (χ3n) is 5.36. The molecule has 0 bridgehead atoms. The van der Waals surface area contributed by atoms with E-state index in [1.54, 1.807) is 11.3 Å². The molecular weight excluding hydrogens is 328 g/mol. The zero-order valence-corrected chi connectivity index (χ0v) is 17.0. The number of hydrogen-bond donors (Lipinski definition) is 1. The number of carbonyl (C=O) groups excluding carboxylic acids is 1. The summed E-state index contributed by atoms with van der Waals surface area (Å²) >= 11 is 1.63. The largest absolute Gasteiger partial charge is 0.317 e. The van der Waals surface area contributed by atoms with E-state index >= 15 is 0 Å². The van der Waals surface area contributed by atoms with Gasteiger partial charge in [-0.15, -0.1) is 11.3 Å². The molecule has 0 saturated carbocycles. The number of nitriles is 1. The van der Waals surface area contributed by atoms with E-state index in [4.69, 9.17) is 0 Å². The molecule has 1 aliphatic carbocycles. The van der Waals surface area contributed by atoms with Gasteiger partial charge in [-0.3, -0.25) is 4.79 Å². The Kier molecular flexibility index (Phi) is 7.07. The summed E-state index contributed by atoms with van der Waals surface area (Å²) in [6.07, 6.45) is 9.39. The minimum atomic E-state index is 0.0546. The molecule has 4 heteroatoms. The highest BCUT2D eigenvalue weighted by atomic mass is 32.1. The standard InChI is InChI=1S/C21H32N2OS/c1-5-6-7-8-9-10-19(24)23-20-17(14-22)16-12-11-15(21(2,3)4)13-18(16)25-20/h15H,5-13H2,1-4H3,(H,23,24). The van der Waals surface area contributed by atoms with Crippen molar-refractivity contribution in [3.63, 3.8) is 0 Å². The van der Waals surface area contributed by atoms with Crippen LogP contribution in [-0.4, -0.2) is 5.91 Å². The lowest BCUT2D eigenvalue weighted by atomic mass is 9.72. The second kappa shape index (κ2) is 8.85. The molecule has 0 fully saturated rings. The van der Waals surface area contributed by atoms with Crippen molar-refractivity contribution >= 4 is 22.2 Å². The Morgan fingerprint density at radius 2 is 2.00 bits per heavy atom. The molecule has 138 valence electrons. The number of hydrogen-bond acceptors (Lipinski definition) is 3. The van der Waals surface area contributed by atoms with Crippen LogP contribution in [0.15, 0.2) is 0 Å². The van der Waals surface area contributed by atoms with E-state index in [0.29, 0.717) is 17.9 Å². The molecule has 1 aromatic heterocycles. The highest BCUT2D eigenvalue weighted by Gasteiger charge is 2.32. The smallest absolute Gasteiger partial charge is 0.225 e. The number of nitrogens with zero attached hydrogens (tertiary/aromatic N) is 1. The van der Waals surface area contributed by atoms with Crippen LogP contribution in [0, 0.1) is 22.7 Å². The Morgan fingerprint density at radius 3 is 2.64 bits per heavy atom. The van der Waals surface area contributed by atoms with E-state index in [1.165, 1.54) is 29.7 Å². The van der Waals surface area contributed by atoms with Crippen molar-refractivity contribution in [1.29, 1.82) is 5.26 Å². The number of amides is 1. The van der Waals surface area contributed by atoms with Crippen molar-refractivity contribution in [2.45, 2.75) is 85.5 Å². The van der Waals surface area contributed by atoms with Crippen LogP contribution in [0.3, 0.4) is 0 Å². The van der Waals surface area contributed by atoms with Gasteiger partial charge in [-0.05, 0) is 42.6 Å². The van der Waals surface area contributed by atoms with Crippen molar-refractivity contribution in [2.75, 3.05) is 5.32 Å². The Morgan fingerprint density at radius 1 is 1.28 bits per heavy atom. The number of nitrogens with one attached hydrogen (secondary N) is 1. The first-order chi connectivity index (χ1) is 11.9. The number of anilines is 1. The Labute approximate surface area is 156 Å². The molecular formula is C21H32N2OS. The zero-order chi connectivity index (χ0) is 18.4. The summed E-state index contributed by atoms with van der Waals surface area (Å²) in [5.74, 6) is 0.700. The fraction of sp³-hybridized carbons (Fsp3) is 0.714. The molecule has 0 aromatic carbocycles. The molecule has 0 saturated heterocycles. The number of rotatable bonds is 7. The maximum absolute atomic E-state index is 12.2. The maximum Gasteiger partial charge on any atom is 0.225 e. The van der Waals surface area contributed by atoms with Crippen LogP contribution in [0.1, 0.15) is 88.6 Å². The summed E-state index contributed by atoms with van der Waals surface area (Å²) in [5.41, 5.74) is 2.19. The van der Waals surface area contributed by atoms with Crippen molar-refractivity contribution in [2.24, 2.45) is 11.3 Å². The van der Waals surface area contributed by atoms with Crippen LogP contribution in [0.2, 0.25) is 0 Å². The molecule has 1 unspecified atom stereocenters. The van der Waals surface area contributed by atoms with Crippen molar-refractivity contribution < 1.29 is 4.79 Å². The Bertz CT molecular complexity index is 634. The van der Waals surface area contributed by atoms with Crippen LogP contribution < -0.4 is 5.32 Å². The third kappa shape index (κ3) is 5.31. The van der Waals surface area contributed by atoms with Crippen LogP contribution >= 0.6 is 11.3 Å². The average Bonchev–Trinajstić information content (AvgIpc) is 2.89. The second-order valence-corrected chi connectivity index (χ2v) is 9.44. The van der Waals surface area contributed by atoms with E-state index in [9.17, 15) is 10.1 Å². The van der Waals surface area contributed by atoms with Gasteiger partial charge in [-0.25, -0.2) is 0 Å². The van der Waals surface area contributed by atoms with E-state index < -0.39 is 0 Å². The average molecular weight is 361 g/mol. The molecule has 1 heterocycles. The van der Waals surface area contributed by atoms with Gasteiger partial charge in [0, 0.05) is 11.3 Å². The summed E-state index contributed by atoms with van der Waals surface area (Å²) < 4.78 is 0. The zero-order valence-electron chi connectivity index (χ0n) is 16.2. The predicted octanol–water partition coefficient (Wildman–Crippen LogP) is 6.07. The van der Waals surface area contributed by atoms with Gasteiger partial charge in [0.15, 0.2) is 0 Å². The van der Waals surface area contributed by atoms with Crippen LogP contribution in [0.4, 0.5) is 5.00 Å². The third-order valence-corrected chi connectivity index (χ3v) is 6.53. The molecule has 1 aliphatic rings. The molecule has 1 aromatic rings. The molecule has 0 radical (unpaired) electrons. The van der Waals surface area contributed by atoms with Gasteiger partial charge < -0.3 is 5.32 Å². The number of carbonyl (C=O) groups is 1. The van der Waals surface area contributed by atoms with Gasteiger partial charge in [0.25, 0.3) is 0 Å². The molecule has 0 spiro atoms. The van der Waals surface area contributed by atoms with Crippen molar-refractivity contribution in [3.05, 3.63) is 16.0 Å². The number of unbranched alkanes of at least 4 members (excludes halogenated alkanes) is 4. The predicted molar refractivity (Wildman–Crippen MR) is 106 cm³/mol. The summed E-state index contributed by atoms with van der Waals surface area (Å²) in [4.78, 5) is 13.5. The fourth-order valence-electron chi connectivity index (χ4n) is 3.61. The summed E-state index contributed by atoms with van der Waals surface area (Å²) in [7, 11) is 0. The summed E-state index contributed by atoms with van der Waals surface area (Å²) in [5, 5.41) is 13.4. The van der Waals surface area contributed by atoms with Crippen molar-refractivity contribution in [3.8, 4) is 6.07 Å². The van der Waals surface area contributed by atoms with Crippen LogP contribution in [0.25, 0.3) is 0 Å². The monoisotopic (exact) mass is 360 g/mol. The maximum atomic E-state index is 12.2. The highest BCUT2D eigenvalue weighted by molar-refractivity contribution is 7.16. The lowest BCUT2D eigenvalue weighted by Crippen LogP contribution is -2.26.